The molecule has 1 N–H and O–H groups in total. The molecule has 1 aromatic carbocycles. The Morgan fingerprint density at radius 2 is 2.06 bits per heavy atom. The van der Waals surface area contributed by atoms with Crippen LogP contribution in [0, 0.1) is 0 Å². The summed E-state index contributed by atoms with van der Waals surface area (Å²) >= 11 is 0. The van der Waals surface area contributed by atoms with Crippen LogP contribution in [-0.2, 0) is 9.53 Å². The van der Waals surface area contributed by atoms with Gasteiger partial charge in [0.05, 0.1) is 12.2 Å². The van der Waals surface area contributed by atoms with Crippen molar-refractivity contribution >= 4 is 5.97 Å². The third-order valence-electron chi connectivity index (χ3n) is 2.96. The summed E-state index contributed by atoms with van der Waals surface area (Å²) < 4.78 is 5.83. The molecule has 0 radical (unpaired) electrons. The number of carboxylic acids is 1. The van der Waals surface area contributed by atoms with Gasteiger partial charge in [-0.2, -0.15) is 0 Å². The maximum Gasteiger partial charge on any atom is 0.303 e. The maximum atomic E-state index is 10.5. The van der Waals surface area contributed by atoms with Gasteiger partial charge in [-0.15, -0.1) is 0 Å². The van der Waals surface area contributed by atoms with Gasteiger partial charge in [-0.25, -0.2) is 0 Å². The highest BCUT2D eigenvalue weighted by Crippen LogP contribution is 2.34. The molecule has 3 nitrogen and oxygen atoms in total. The average Bonchev–Trinajstić information content (AvgIpc) is 2.76. The Bertz CT molecular complexity index is 347. The van der Waals surface area contributed by atoms with Crippen molar-refractivity contribution in [2.45, 2.75) is 37.9 Å². The van der Waals surface area contributed by atoms with Gasteiger partial charge in [0.15, 0.2) is 0 Å². The van der Waals surface area contributed by atoms with Crippen molar-refractivity contribution in [1.82, 2.24) is 0 Å². The minimum absolute atomic E-state index is 0.112. The molecule has 0 spiro atoms. The number of hydrogen-bond donors (Lipinski definition) is 1. The van der Waals surface area contributed by atoms with Crippen molar-refractivity contribution in [3.05, 3.63) is 35.9 Å². The van der Waals surface area contributed by atoms with Crippen LogP contribution < -0.4 is 0 Å². The molecule has 16 heavy (non-hydrogen) atoms. The second kappa shape index (κ2) is 5.12. The Morgan fingerprint density at radius 3 is 2.75 bits per heavy atom. The summed E-state index contributed by atoms with van der Waals surface area (Å²) in [5, 5.41) is 8.60. The van der Waals surface area contributed by atoms with E-state index in [1.54, 1.807) is 0 Å². The molecule has 86 valence electrons. The van der Waals surface area contributed by atoms with Gasteiger partial charge in [0.1, 0.15) is 0 Å². The smallest absolute Gasteiger partial charge is 0.303 e. The lowest BCUT2D eigenvalue weighted by Crippen LogP contribution is -2.09. The van der Waals surface area contributed by atoms with Crippen LogP contribution in [0.2, 0.25) is 0 Å². The zero-order chi connectivity index (χ0) is 11.4. The first-order chi connectivity index (χ1) is 7.75. The number of ether oxygens (including phenoxy) is 1. The first-order valence-electron chi connectivity index (χ1n) is 5.68. The van der Waals surface area contributed by atoms with Gasteiger partial charge < -0.3 is 9.84 Å². The molecule has 3 heteroatoms. The van der Waals surface area contributed by atoms with Crippen molar-refractivity contribution < 1.29 is 14.6 Å². The summed E-state index contributed by atoms with van der Waals surface area (Å²) in [5.74, 6) is -0.744. The predicted molar refractivity (Wildman–Crippen MR) is 60.2 cm³/mol. The number of rotatable bonds is 4. The molecule has 1 fully saturated rings. The minimum Gasteiger partial charge on any atom is -0.481 e. The summed E-state index contributed by atoms with van der Waals surface area (Å²) in [4.78, 5) is 10.5. The van der Waals surface area contributed by atoms with E-state index >= 15 is 0 Å². The van der Waals surface area contributed by atoms with Crippen LogP contribution in [0.3, 0.4) is 0 Å². The van der Waals surface area contributed by atoms with E-state index < -0.39 is 5.97 Å². The van der Waals surface area contributed by atoms with E-state index in [9.17, 15) is 4.79 Å². The van der Waals surface area contributed by atoms with Gasteiger partial charge >= 0.3 is 5.97 Å². The van der Waals surface area contributed by atoms with Gasteiger partial charge in [0, 0.05) is 6.42 Å². The molecule has 1 heterocycles. The van der Waals surface area contributed by atoms with Gasteiger partial charge in [0.25, 0.3) is 0 Å². The van der Waals surface area contributed by atoms with Crippen molar-refractivity contribution in [2.75, 3.05) is 0 Å². The molecule has 1 aromatic rings. The standard InChI is InChI=1S/C13H16O3/c14-13(15)9-7-11-6-8-12(16-11)10-4-2-1-3-5-10/h1-5,11-12H,6-9H2,(H,14,15)/t11-,12-/m1/s1. The Balaban J connectivity index is 1.86. The van der Waals surface area contributed by atoms with Crippen molar-refractivity contribution in [3.8, 4) is 0 Å². The Kier molecular flexibility index (Phi) is 3.57. The summed E-state index contributed by atoms with van der Waals surface area (Å²) in [5.41, 5.74) is 1.19. The van der Waals surface area contributed by atoms with Gasteiger partial charge in [0.2, 0.25) is 0 Å². The van der Waals surface area contributed by atoms with Gasteiger partial charge in [-0.1, -0.05) is 30.3 Å². The van der Waals surface area contributed by atoms with Crippen molar-refractivity contribution in [1.29, 1.82) is 0 Å². The topological polar surface area (TPSA) is 46.5 Å². The summed E-state index contributed by atoms with van der Waals surface area (Å²) in [7, 11) is 0. The van der Waals surface area contributed by atoms with E-state index in [0.717, 1.165) is 12.8 Å². The molecule has 0 bridgehead atoms. The molecule has 1 saturated heterocycles. The number of carbonyl (C=O) groups is 1. The fraction of sp³-hybridized carbons (Fsp3) is 0.462. The first-order valence-corrected chi connectivity index (χ1v) is 5.68. The molecule has 0 saturated carbocycles. The van der Waals surface area contributed by atoms with E-state index in [0.29, 0.717) is 6.42 Å². The molecule has 0 unspecified atom stereocenters. The highest BCUT2D eigenvalue weighted by Gasteiger charge is 2.26. The van der Waals surface area contributed by atoms with E-state index in [1.165, 1.54) is 5.56 Å². The van der Waals surface area contributed by atoms with E-state index in [2.05, 4.69) is 12.1 Å². The monoisotopic (exact) mass is 220 g/mol. The number of hydrogen-bond acceptors (Lipinski definition) is 2. The molecule has 0 aliphatic carbocycles. The molecule has 1 aliphatic heterocycles. The summed E-state index contributed by atoms with van der Waals surface area (Å²) in [6.45, 7) is 0. The fourth-order valence-electron chi connectivity index (χ4n) is 2.12. The van der Waals surface area contributed by atoms with Crippen molar-refractivity contribution in [2.24, 2.45) is 0 Å². The molecular weight excluding hydrogens is 204 g/mol. The fourth-order valence-corrected chi connectivity index (χ4v) is 2.12. The zero-order valence-corrected chi connectivity index (χ0v) is 9.13. The van der Waals surface area contributed by atoms with Crippen LogP contribution in [0.1, 0.15) is 37.4 Å². The molecule has 0 amide bonds. The summed E-state index contributed by atoms with van der Waals surface area (Å²) in [6.07, 6.45) is 3.05. The summed E-state index contributed by atoms with van der Waals surface area (Å²) in [6, 6.07) is 10.1. The second-order valence-corrected chi connectivity index (χ2v) is 4.17. The van der Waals surface area contributed by atoms with Crippen LogP contribution >= 0.6 is 0 Å². The van der Waals surface area contributed by atoms with Crippen LogP contribution in [0.25, 0.3) is 0 Å². The third-order valence-corrected chi connectivity index (χ3v) is 2.96. The van der Waals surface area contributed by atoms with Crippen LogP contribution in [-0.4, -0.2) is 17.2 Å². The second-order valence-electron chi connectivity index (χ2n) is 4.17. The molecule has 0 aromatic heterocycles. The minimum atomic E-state index is -0.744. The SMILES string of the molecule is O=C(O)CC[C@H]1CC[C@H](c2ccccc2)O1. The van der Waals surface area contributed by atoms with Gasteiger partial charge in [-0.05, 0) is 24.8 Å². The average molecular weight is 220 g/mol. The van der Waals surface area contributed by atoms with E-state index in [1.807, 2.05) is 18.2 Å². The first kappa shape index (κ1) is 11.1. The van der Waals surface area contributed by atoms with Crippen LogP contribution in [0.5, 0.6) is 0 Å². The maximum absolute atomic E-state index is 10.5. The number of carboxylic acid groups (broad SMARTS) is 1. The Hall–Kier alpha value is -1.35. The molecule has 2 rings (SSSR count). The van der Waals surface area contributed by atoms with E-state index in [-0.39, 0.29) is 18.6 Å². The quantitative estimate of drug-likeness (QED) is 0.848. The van der Waals surface area contributed by atoms with E-state index in [4.69, 9.17) is 9.84 Å². The predicted octanol–water partition coefficient (Wildman–Crippen LogP) is 2.77. The van der Waals surface area contributed by atoms with Crippen LogP contribution in [0.15, 0.2) is 30.3 Å². The normalized spacial score (nSPS) is 24.5. The number of benzene rings is 1. The zero-order valence-electron chi connectivity index (χ0n) is 9.13. The van der Waals surface area contributed by atoms with Crippen molar-refractivity contribution in [3.63, 3.8) is 0 Å². The Labute approximate surface area is 95.0 Å². The molecular formula is C13H16O3. The largest absolute Gasteiger partial charge is 0.481 e. The lowest BCUT2D eigenvalue weighted by atomic mass is 10.1. The molecule has 2 atom stereocenters. The lowest BCUT2D eigenvalue weighted by Gasteiger charge is -2.13. The third kappa shape index (κ3) is 2.83. The van der Waals surface area contributed by atoms with Crippen LogP contribution in [0.4, 0.5) is 0 Å². The highest BCUT2D eigenvalue weighted by molar-refractivity contribution is 5.66. The van der Waals surface area contributed by atoms with Gasteiger partial charge in [-0.3, -0.25) is 4.79 Å². The Morgan fingerprint density at radius 1 is 1.31 bits per heavy atom. The lowest BCUT2D eigenvalue weighted by molar-refractivity contribution is -0.137. The highest BCUT2D eigenvalue weighted by atomic mass is 16.5. The number of aliphatic carboxylic acids is 1. The molecule has 1 aliphatic rings.